The molecule has 0 radical (unpaired) electrons. The van der Waals surface area contributed by atoms with Crippen LogP contribution in [0.2, 0.25) is 15.2 Å². The lowest BCUT2D eigenvalue weighted by molar-refractivity contribution is -0.115. The largest absolute Gasteiger partial charge is 0.493 e. The van der Waals surface area contributed by atoms with E-state index in [4.69, 9.17) is 44.3 Å². The summed E-state index contributed by atoms with van der Waals surface area (Å²) in [6.45, 7) is 1.77. The van der Waals surface area contributed by atoms with Gasteiger partial charge in [-0.15, -0.1) is 0 Å². The number of hydrogen-bond donors (Lipinski definition) is 1. The number of rotatable bonds is 5. The van der Waals surface area contributed by atoms with Crippen molar-refractivity contribution >= 4 is 46.4 Å². The first-order valence-electron chi connectivity index (χ1n) is 6.88. The van der Waals surface area contributed by atoms with E-state index in [9.17, 15) is 4.79 Å². The molecule has 0 spiro atoms. The molecule has 1 aromatic heterocycles. The number of ether oxygens (including phenoxy) is 2. The number of carbonyl (C=O) groups excluding carboxylic acids is 1. The average Bonchev–Trinajstić information content (AvgIpc) is 2.52. The maximum Gasteiger partial charge on any atom is 0.229 e. The van der Waals surface area contributed by atoms with E-state index in [0.717, 1.165) is 0 Å². The Morgan fingerprint density at radius 2 is 1.71 bits per heavy atom. The number of carbonyl (C=O) groups is 1. The fourth-order valence-corrected chi connectivity index (χ4v) is 2.95. The third kappa shape index (κ3) is 4.23. The maximum absolute atomic E-state index is 12.3. The van der Waals surface area contributed by atoms with E-state index in [1.54, 1.807) is 25.1 Å². The summed E-state index contributed by atoms with van der Waals surface area (Å²) < 4.78 is 10.3. The van der Waals surface area contributed by atoms with Crippen molar-refractivity contribution in [3.8, 4) is 11.5 Å². The summed E-state index contributed by atoms with van der Waals surface area (Å²) >= 11 is 18.3. The molecule has 0 fully saturated rings. The first kappa shape index (κ1) is 18.6. The summed E-state index contributed by atoms with van der Waals surface area (Å²) in [6.07, 6.45) is -0.0321. The average molecular weight is 390 g/mol. The molecular weight excluding hydrogens is 375 g/mol. The number of benzene rings is 1. The van der Waals surface area contributed by atoms with Crippen molar-refractivity contribution in [2.45, 2.75) is 13.3 Å². The molecule has 0 aliphatic rings. The van der Waals surface area contributed by atoms with Crippen molar-refractivity contribution in [3.05, 3.63) is 44.7 Å². The van der Waals surface area contributed by atoms with Crippen LogP contribution in [-0.4, -0.2) is 25.1 Å². The second-order valence-electron chi connectivity index (χ2n) is 4.93. The lowest BCUT2D eigenvalue weighted by Crippen LogP contribution is -2.16. The molecule has 128 valence electrons. The summed E-state index contributed by atoms with van der Waals surface area (Å²) in [6, 6.07) is 4.79. The molecule has 0 aliphatic heterocycles. The van der Waals surface area contributed by atoms with Crippen molar-refractivity contribution < 1.29 is 14.3 Å². The zero-order valence-electron chi connectivity index (χ0n) is 13.2. The molecule has 2 rings (SSSR count). The summed E-state index contributed by atoms with van der Waals surface area (Å²) in [5, 5.41) is 3.61. The quantitative estimate of drug-likeness (QED) is 0.762. The Hall–Kier alpha value is -1.69. The van der Waals surface area contributed by atoms with Gasteiger partial charge in [0.2, 0.25) is 5.91 Å². The van der Waals surface area contributed by atoms with Gasteiger partial charge in [-0.2, -0.15) is 0 Å². The highest BCUT2D eigenvalue weighted by atomic mass is 35.5. The molecular formula is C16H15Cl3N2O3. The van der Waals surface area contributed by atoms with Crippen LogP contribution in [0, 0.1) is 6.92 Å². The Bertz CT molecular complexity index is 758. The van der Waals surface area contributed by atoms with Crippen molar-refractivity contribution in [1.82, 2.24) is 4.98 Å². The van der Waals surface area contributed by atoms with Crippen LogP contribution in [-0.2, 0) is 11.2 Å². The van der Waals surface area contributed by atoms with Crippen LogP contribution in [0.5, 0.6) is 11.5 Å². The minimum absolute atomic E-state index is 0.0321. The predicted molar refractivity (Wildman–Crippen MR) is 95.9 cm³/mol. The fraction of sp³-hybridized carbons (Fsp3) is 0.250. The Morgan fingerprint density at radius 3 is 2.29 bits per heavy atom. The number of aryl methyl sites for hydroxylation is 1. The topological polar surface area (TPSA) is 60.5 Å². The van der Waals surface area contributed by atoms with Crippen LogP contribution in [0.4, 0.5) is 5.69 Å². The minimum atomic E-state index is -0.335. The van der Waals surface area contributed by atoms with Gasteiger partial charge < -0.3 is 14.8 Å². The predicted octanol–water partition coefficient (Wildman–Crippen LogP) is 4.55. The highest BCUT2D eigenvalue weighted by molar-refractivity contribution is 6.36. The van der Waals surface area contributed by atoms with Crippen LogP contribution in [0.1, 0.15) is 11.3 Å². The Morgan fingerprint density at radius 1 is 1.08 bits per heavy atom. The molecule has 2 aromatic rings. The monoisotopic (exact) mass is 388 g/mol. The van der Waals surface area contributed by atoms with Crippen LogP contribution in [0.25, 0.3) is 0 Å². The molecule has 1 amide bonds. The van der Waals surface area contributed by atoms with Gasteiger partial charge in [0.05, 0.1) is 31.4 Å². The Kier molecular flexibility index (Phi) is 6.15. The summed E-state index contributed by atoms with van der Waals surface area (Å²) in [5.41, 5.74) is 1.53. The van der Waals surface area contributed by atoms with Gasteiger partial charge in [0.15, 0.2) is 11.5 Å². The molecule has 0 saturated heterocycles. The fourth-order valence-electron chi connectivity index (χ4n) is 2.09. The highest BCUT2D eigenvalue weighted by Crippen LogP contribution is 2.36. The molecule has 5 nitrogen and oxygen atoms in total. The molecule has 0 atom stereocenters. The SMILES string of the molecule is COc1cc(Cl)c(NC(=O)Cc2c(Cl)cc(C)nc2Cl)cc1OC. The van der Waals surface area contributed by atoms with Crippen molar-refractivity contribution in [3.63, 3.8) is 0 Å². The van der Waals surface area contributed by atoms with E-state index in [0.29, 0.717) is 38.5 Å². The van der Waals surface area contributed by atoms with Crippen LogP contribution >= 0.6 is 34.8 Å². The van der Waals surface area contributed by atoms with Gasteiger partial charge in [-0.3, -0.25) is 4.79 Å². The first-order chi connectivity index (χ1) is 11.3. The summed E-state index contributed by atoms with van der Waals surface area (Å²) in [5.74, 6) is 0.582. The zero-order valence-corrected chi connectivity index (χ0v) is 15.5. The number of hydrogen-bond acceptors (Lipinski definition) is 4. The van der Waals surface area contributed by atoms with E-state index in [2.05, 4.69) is 10.3 Å². The van der Waals surface area contributed by atoms with Gasteiger partial charge in [-0.1, -0.05) is 34.8 Å². The van der Waals surface area contributed by atoms with Crippen molar-refractivity contribution in [1.29, 1.82) is 0 Å². The number of anilines is 1. The Balaban J connectivity index is 2.22. The van der Waals surface area contributed by atoms with E-state index in [1.165, 1.54) is 14.2 Å². The molecule has 0 bridgehead atoms. The van der Waals surface area contributed by atoms with Gasteiger partial charge in [-0.05, 0) is 13.0 Å². The van der Waals surface area contributed by atoms with E-state index in [1.807, 2.05) is 0 Å². The van der Waals surface area contributed by atoms with Gasteiger partial charge in [-0.25, -0.2) is 4.98 Å². The highest BCUT2D eigenvalue weighted by Gasteiger charge is 2.16. The molecule has 1 heterocycles. The number of methoxy groups -OCH3 is 2. The second-order valence-corrected chi connectivity index (χ2v) is 6.10. The van der Waals surface area contributed by atoms with Crippen LogP contribution in [0.3, 0.4) is 0 Å². The van der Waals surface area contributed by atoms with E-state index < -0.39 is 0 Å². The number of aromatic nitrogens is 1. The third-order valence-electron chi connectivity index (χ3n) is 3.23. The maximum atomic E-state index is 12.3. The lowest BCUT2D eigenvalue weighted by atomic mass is 10.2. The number of pyridine rings is 1. The summed E-state index contributed by atoms with van der Waals surface area (Å²) in [4.78, 5) is 16.4. The summed E-state index contributed by atoms with van der Waals surface area (Å²) in [7, 11) is 3.00. The normalized spacial score (nSPS) is 10.4. The number of amides is 1. The van der Waals surface area contributed by atoms with Gasteiger partial charge >= 0.3 is 0 Å². The molecule has 0 aliphatic carbocycles. The number of nitrogens with zero attached hydrogens (tertiary/aromatic N) is 1. The minimum Gasteiger partial charge on any atom is -0.493 e. The molecule has 1 aromatic carbocycles. The first-order valence-corrected chi connectivity index (χ1v) is 8.02. The zero-order chi connectivity index (χ0) is 17.9. The lowest BCUT2D eigenvalue weighted by Gasteiger charge is -2.13. The standard InChI is InChI=1S/C16H15Cl3N2O3/c1-8-4-10(17)9(16(19)20-8)5-15(22)21-12-7-14(24-3)13(23-2)6-11(12)18/h4,6-7H,5H2,1-3H3,(H,21,22). The van der Waals surface area contributed by atoms with E-state index in [-0.39, 0.29) is 17.5 Å². The molecule has 0 unspecified atom stereocenters. The number of halogens is 3. The van der Waals surface area contributed by atoms with Crippen molar-refractivity contribution in [2.24, 2.45) is 0 Å². The van der Waals surface area contributed by atoms with Gasteiger partial charge in [0.25, 0.3) is 0 Å². The molecule has 24 heavy (non-hydrogen) atoms. The van der Waals surface area contributed by atoms with E-state index >= 15 is 0 Å². The molecule has 1 N–H and O–H groups in total. The second kappa shape index (κ2) is 7.92. The van der Waals surface area contributed by atoms with Gasteiger partial charge in [0.1, 0.15) is 5.15 Å². The molecule has 8 heteroatoms. The molecule has 0 saturated carbocycles. The third-order valence-corrected chi connectivity index (χ3v) is 4.19. The smallest absolute Gasteiger partial charge is 0.229 e. The Labute approximate surface area is 154 Å². The van der Waals surface area contributed by atoms with Crippen LogP contribution in [0.15, 0.2) is 18.2 Å². The number of nitrogens with one attached hydrogen (secondary N) is 1. The van der Waals surface area contributed by atoms with Crippen molar-refractivity contribution in [2.75, 3.05) is 19.5 Å². The van der Waals surface area contributed by atoms with Gasteiger partial charge in [0, 0.05) is 28.4 Å². The van der Waals surface area contributed by atoms with Crippen LogP contribution < -0.4 is 14.8 Å².